The summed E-state index contributed by atoms with van der Waals surface area (Å²) < 4.78 is 6.25. The molecular weight excluding hydrogens is 306 g/mol. The monoisotopic (exact) mass is 323 g/mol. The van der Waals surface area contributed by atoms with Gasteiger partial charge in [0.05, 0.1) is 12.7 Å². The summed E-state index contributed by atoms with van der Waals surface area (Å²) in [5.41, 5.74) is 0.672. The SMILES string of the molecule is COc1cc(Br)ccc1C(=O)N1CC2CCCC2C1. The van der Waals surface area contributed by atoms with Crippen molar-refractivity contribution in [1.29, 1.82) is 0 Å². The number of rotatable bonds is 2. The van der Waals surface area contributed by atoms with Gasteiger partial charge in [0.15, 0.2) is 0 Å². The van der Waals surface area contributed by atoms with Gasteiger partial charge in [-0.15, -0.1) is 0 Å². The largest absolute Gasteiger partial charge is 0.496 e. The van der Waals surface area contributed by atoms with Gasteiger partial charge in [-0.1, -0.05) is 22.4 Å². The maximum Gasteiger partial charge on any atom is 0.257 e. The van der Waals surface area contributed by atoms with Crippen LogP contribution >= 0.6 is 15.9 Å². The molecule has 1 aliphatic heterocycles. The Morgan fingerprint density at radius 3 is 2.63 bits per heavy atom. The molecule has 19 heavy (non-hydrogen) atoms. The number of carbonyl (C=O) groups excluding carboxylic acids is 1. The van der Waals surface area contributed by atoms with Crippen LogP contribution in [0.25, 0.3) is 0 Å². The highest BCUT2D eigenvalue weighted by Gasteiger charge is 2.38. The Bertz CT molecular complexity index is 491. The lowest BCUT2D eigenvalue weighted by Crippen LogP contribution is -2.29. The van der Waals surface area contributed by atoms with Crippen molar-refractivity contribution in [2.24, 2.45) is 11.8 Å². The number of methoxy groups -OCH3 is 1. The number of halogens is 1. The number of hydrogen-bond donors (Lipinski definition) is 0. The average molecular weight is 324 g/mol. The zero-order chi connectivity index (χ0) is 13.4. The molecule has 102 valence electrons. The van der Waals surface area contributed by atoms with E-state index < -0.39 is 0 Å². The van der Waals surface area contributed by atoms with Crippen LogP contribution in [0.1, 0.15) is 29.6 Å². The second-order valence-electron chi connectivity index (χ2n) is 5.51. The molecule has 0 spiro atoms. The summed E-state index contributed by atoms with van der Waals surface area (Å²) in [6, 6.07) is 5.59. The third-order valence-corrected chi connectivity index (χ3v) is 4.90. The molecule has 2 unspecified atom stereocenters. The van der Waals surface area contributed by atoms with Crippen LogP contribution in [-0.4, -0.2) is 31.0 Å². The second kappa shape index (κ2) is 5.16. The van der Waals surface area contributed by atoms with Crippen LogP contribution < -0.4 is 4.74 Å². The molecule has 1 heterocycles. The second-order valence-corrected chi connectivity index (χ2v) is 6.42. The maximum atomic E-state index is 12.6. The van der Waals surface area contributed by atoms with E-state index in [4.69, 9.17) is 4.74 Å². The van der Waals surface area contributed by atoms with Crippen molar-refractivity contribution in [2.45, 2.75) is 19.3 Å². The van der Waals surface area contributed by atoms with Gasteiger partial charge in [0.2, 0.25) is 0 Å². The molecule has 2 atom stereocenters. The van der Waals surface area contributed by atoms with E-state index in [0.717, 1.165) is 29.4 Å². The number of carbonyl (C=O) groups is 1. The standard InChI is InChI=1S/C15H18BrNO2/c1-19-14-7-12(16)5-6-13(14)15(18)17-8-10-3-2-4-11(10)9-17/h5-7,10-11H,2-4,8-9H2,1H3. The fourth-order valence-electron chi connectivity index (χ4n) is 3.41. The van der Waals surface area contributed by atoms with Crippen molar-refractivity contribution >= 4 is 21.8 Å². The first kappa shape index (κ1) is 13.0. The van der Waals surface area contributed by atoms with E-state index in [-0.39, 0.29) is 5.91 Å². The van der Waals surface area contributed by atoms with Crippen LogP contribution in [0.3, 0.4) is 0 Å². The van der Waals surface area contributed by atoms with Gasteiger partial charge in [0, 0.05) is 17.6 Å². The first-order valence-corrected chi connectivity index (χ1v) is 7.61. The van der Waals surface area contributed by atoms with Crippen LogP contribution in [0.2, 0.25) is 0 Å². The molecule has 1 amide bonds. The third-order valence-electron chi connectivity index (χ3n) is 4.41. The molecule has 2 aliphatic rings. The number of ether oxygens (including phenoxy) is 1. The smallest absolute Gasteiger partial charge is 0.257 e. The highest BCUT2D eigenvalue weighted by Crippen LogP contribution is 2.38. The molecule has 0 N–H and O–H groups in total. The van der Waals surface area contributed by atoms with Crippen molar-refractivity contribution in [3.63, 3.8) is 0 Å². The molecule has 3 rings (SSSR count). The molecule has 1 aliphatic carbocycles. The molecule has 1 saturated carbocycles. The van der Waals surface area contributed by atoms with Gasteiger partial charge in [-0.2, -0.15) is 0 Å². The number of nitrogens with zero attached hydrogens (tertiary/aromatic N) is 1. The highest BCUT2D eigenvalue weighted by molar-refractivity contribution is 9.10. The molecule has 4 heteroatoms. The van der Waals surface area contributed by atoms with Gasteiger partial charge in [0.1, 0.15) is 5.75 Å². The quantitative estimate of drug-likeness (QED) is 0.835. The number of fused-ring (bicyclic) bond motifs is 1. The van der Waals surface area contributed by atoms with Gasteiger partial charge in [0.25, 0.3) is 5.91 Å². The van der Waals surface area contributed by atoms with Crippen LogP contribution in [0, 0.1) is 11.8 Å². The minimum absolute atomic E-state index is 0.110. The lowest BCUT2D eigenvalue weighted by atomic mass is 10.0. The van der Waals surface area contributed by atoms with Gasteiger partial charge >= 0.3 is 0 Å². The molecule has 0 radical (unpaired) electrons. The summed E-state index contributed by atoms with van der Waals surface area (Å²) in [7, 11) is 1.61. The maximum absolute atomic E-state index is 12.6. The van der Waals surface area contributed by atoms with E-state index in [1.807, 2.05) is 23.1 Å². The summed E-state index contributed by atoms with van der Waals surface area (Å²) in [6.07, 6.45) is 3.90. The van der Waals surface area contributed by atoms with E-state index in [0.29, 0.717) is 11.3 Å². The topological polar surface area (TPSA) is 29.5 Å². The highest BCUT2D eigenvalue weighted by atomic mass is 79.9. The lowest BCUT2D eigenvalue weighted by Gasteiger charge is -2.19. The van der Waals surface area contributed by atoms with Gasteiger partial charge in [-0.05, 0) is 42.9 Å². The molecule has 1 aromatic carbocycles. The van der Waals surface area contributed by atoms with Crippen molar-refractivity contribution in [3.8, 4) is 5.75 Å². The first-order valence-electron chi connectivity index (χ1n) is 6.82. The van der Waals surface area contributed by atoms with Crippen molar-refractivity contribution in [1.82, 2.24) is 4.90 Å². The molecule has 0 bridgehead atoms. The number of amides is 1. The minimum atomic E-state index is 0.110. The first-order chi connectivity index (χ1) is 9.19. The Morgan fingerprint density at radius 1 is 1.32 bits per heavy atom. The molecule has 0 aromatic heterocycles. The summed E-state index contributed by atoms with van der Waals surface area (Å²) in [5, 5.41) is 0. The predicted molar refractivity (Wildman–Crippen MR) is 77.4 cm³/mol. The van der Waals surface area contributed by atoms with E-state index in [1.165, 1.54) is 19.3 Å². The van der Waals surface area contributed by atoms with E-state index in [1.54, 1.807) is 7.11 Å². The molecule has 1 saturated heterocycles. The predicted octanol–water partition coefficient (Wildman–Crippen LogP) is 3.33. The van der Waals surface area contributed by atoms with E-state index in [9.17, 15) is 4.79 Å². The van der Waals surface area contributed by atoms with E-state index in [2.05, 4.69) is 15.9 Å². The Hall–Kier alpha value is -1.03. The Kier molecular flexibility index (Phi) is 3.52. The molecular formula is C15H18BrNO2. The van der Waals surface area contributed by atoms with Gasteiger partial charge in [-0.25, -0.2) is 0 Å². The van der Waals surface area contributed by atoms with Crippen LogP contribution in [0.15, 0.2) is 22.7 Å². The van der Waals surface area contributed by atoms with Crippen LogP contribution in [-0.2, 0) is 0 Å². The molecule has 2 fully saturated rings. The van der Waals surface area contributed by atoms with Gasteiger partial charge < -0.3 is 9.64 Å². The van der Waals surface area contributed by atoms with Crippen molar-refractivity contribution in [2.75, 3.05) is 20.2 Å². The number of benzene rings is 1. The summed E-state index contributed by atoms with van der Waals surface area (Å²) in [6.45, 7) is 1.84. The Labute approximate surface area is 122 Å². The number of hydrogen-bond acceptors (Lipinski definition) is 2. The fourth-order valence-corrected chi connectivity index (χ4v) is 3.75. The van der Waals surface area contributed by atoms with Crippen molar-refractivity contribution < 1.29 is 9.53 Å². The normalized spacial score (nSPS) is 25.5. The summed E-state index contributed by atoms with van der Waals surface area (Å²) >= 11 is 3.40. The summed E-state index contributed by atoms with van der Waals surface area (Å²) in [4.78, 5) is 14.6. The number of likely N-dealkylation sites (tertiary alicyclic amines) is 1. The Balaban J connectivity index is 1.81. The average Bonchev–Trinajstić information content (AvgIpc) is 2.98. The Morgan fingerprint density at radius 2 is 2.00 bits per heavy atom. The van der Waals surface area contributed by atoms with Crippen molar-refractivity contribution in [3.05, 3.63) is 28.2 Å². The lowest BCUT2D eigenvalue weighted by molar-refractivity contribution is 0.0777. The summed E-state index contributed by atoms with van der Waals surface area (Å²) in [5.74, 6) is 2.21. The third kappa shape index (κ3) is 2.38. The molecule has 1 aromatic rings. The van der Waals surface area contributed by atoms with Crippen LogP contribution in [0.4, 0.5) is 0 Å². The zero-order valence-corrected chi connectivity index (χ0v) is 12.6. The van der Waals surface area contributed by atoms with Crippen LogP contribution in [0.5, 0.6) is 5.75 Å². The van der Waals surface area contributed by atoms with Gasteiger partial charge in [-0.3, -0.25) is 4.79 Å². The van der Waals surface area contributed by atoms with E-state index >= 15 is 0 Å². The fraction of sp³-hybridized carbons (Fsp3) is 0.533. The molecule has 3 nitrogen and oxygen atoms in total. The minimum Gasteiger partial charge on any atom is -0.496 e. The zero-order valence-electron chi connectivity index (χ0n) is 11.1.